The van der Waals surface area contributed by atoms with Gasteiger partial charge >= 0.3 is 0 Å². The predicted molar refractivity (Wildman–Crippen MR) is 81.2 cm³/mol. The van der Waals surface area contributed by atoms with Gasteiger partial charge in [0.25, 0.3) is 0 Å². The highest BCUT2D eigenvalue weighted by molar-refractivity contribution is 5.86. The first-order valence-corrected chi connectivity index (χ1v) is 7.20. The fourth-order valence-electron chi connectivity index (χ4n) is 2.12. The molecule has 1 N–H and O–H groups in total. The number of nitrogens with one attached hydrogen (secondary N) is 1. The molecule has 5 nitrogen and oxygen atoms in total. The van der Waals surface area contributed by atoms with Crippen LogP contribution in [0.15, 0.2) is 36.9 Å². The predicted octanol–water partition coefficient (Wildman–Crippen LogP) is 1.20. The zero-order valence-corrected chi connectivity index (χ0v) is 12.2. The molecule has 0 radical (unpaired) electrons. The normalized spacial score (nSPS) is 15.4. The molecule has 0 bridgehead atoms. The van der Waals surface area contributed by atoms with E-state index in [1.807, 2.05) is 24.3 Å². The molecule has 0 spiro atoms. The van der Waals surface area contributed by atoms with Crippen LogP contribution in [0.25, 0.3) is 0 Å². The second-order valence-electron chi connectivity index (χ2n) is 4.87. The van der Waals surface area contributed by atoms with Crippen LogP contribution < -0.4 is 10.1 Å². The molecule has 1 saturated heterocycles. The van der Waals surface area contributed by atoms with E-state index in [0.29, 0.717) is 13.2 Å². The highest BCUT2D eigenvalue weighted by atomic mass is 16.5. The summed E-state index contributed by atoms with van der Waals surface area (Å²) >= 11 is 0. The lowest BCUT2D eigenvalue weighted by atomic mass is 10.2. The number of hydrogen-bond donors (Lipinski definition) is 1. The number of rotatable bonds is 7. The van der Waals surface area contributed by atoms with Crippen LogP contribution in [-0.4, -0.2) is 50.3 Å². The summed E-state index contributed by atoms with van der Waals surface area (Å²) in [6.45, 7) is 9.01. The van der Waals surface area contributed by atoms with Gasteiger partial charge in [0.15, 0.2) is 0 Å². The van der Waals surface area contributed by atoms with Crippen LogP contribution in [0.3, 0.4) is 0 Å². The first-order chi connectivity index (χ1) is 10.3. The summed E-state index contributed by atoms with van der Waals surface area (Å²) in [4.78, 5) is 13.5. The summed E-state index contributed by atoms with van der Waals surface area (Å²) in [5, 5.41) is 2.75. The molecule has 21 heavy (non-hydrogen) atoms. The van der Waals surface area contributed by atoms with E-state index in [1.54, 1.807) is 0 Å². The summed E-state index contributed by atoms with van der Waals surface area (Å²) in [6.07, 6.45) is 1.27. The Morgan fingerprint density at radius 2 is 2.24 bits per heavy atom. The molecule has 1 aliphatic rings. The first-order valence-electron chi connectivity index (χ1n) is 7.20. The van der Waals surface area contributed by atoms with Crippen LogP contribution in [0.2, 0.25) is 0 Å². The zero-order valence-electron chi connectivity index (χ0n) is 12.2. The summed E-state index contributed by atoms with van der Waals surface area (Å²) in [7, 11) is 0. The third-order valence-corrected chi connectivity index (χ3v) is 3.33. The Kier molecular flexibility index (Phi) is 6.24. The van der Waals surface area contributed by atoms with Crippen LogP contribution in [0.4, 0.5) is 0 Å². The number of nitrogens with zero attached hydrogens (tertiary/aromatic N) is 1. The summed E-state index contributed by atoms with van der Waals surface area (Å²) in [6, 6.07) is 7.76. The van der Waals surface area contributed by atoms with Crippen LogP contribution in [0.5, 0.6) is 5.75 Å². The number of morpholine rings is 1. The Morgan fingerprint density at radius 3 is 3.00 bits per heavy atom. The molecule has 1 heterocycles. The van der Waals surface area contributed by atoms with Gasteiger partial charge in [0.05, 0.1) is 13.2 Å². The minimum atomic E-state index is -0.173. The average molecular weight is 290 g/mol. The van der Waals surface area contributed by atoms with Crippen molar-refractivity contribution in [2.45, 2.75) is 6.54 Å². The molecule has 0 saturated carbocycles. The third kappa shape index (κ3) is 5.57. The number of carbonyl (C=O) groups excluding carboxylic acids is 1. The van der Waals surface area contributed by atoms with Gasteiger partial charge in [-0.15, -0.1) is 0 Å². The largest absolute Gasteiger partial charge is 0.492 e. The van der Waals surface area contributed by atoms with Gasteiger partial charge in [-0.3, -0.25) is 9.69 Å². The monoisotopic (exact) mass is 290 g/mol. The molecule has 2 rings (SSSR count). The summed E-state index contributed by atoms with van der Waals surface area (Å²) in [5.41, 5.74) is 1.01. The Labute approximate surface area is 125 Å². The molecular weight excluding hydrogens is 268 g/mol. The fourth-order valence-corrected chi connectivity index (χ4v) is 2.12. The SMILES string of the molecule is C=CC(=O)NCc1cccc(OCCN2CCOCC2)c1. The van der Waals surface area contributed by atoms with Gasteiger partial charge < -0.3 is 14.8 Å². The van der Waals surface area contributed by atoms with Crippen LogP contribution >= 0.6 is 0 Å². The summed E-state index contributed by atoms with van der Waals surface area (Å²) < 4.78 is 11.1. The molecule has 1 amide bonds. The van der Waals surface area contributed by atoms with Crippen molar-refractivity contribution in [3.8, 4) is 5.75 Å². The van der Waals surface area contributed by atoms with E-state index < -0.39 is 0 Å². The quantitative estimate of drug-likeness (QED) is 0.767. The minimum Gasteiger partial charge on any atom is -0.492 e. The van der Waals surface area contributed by atoms with Crippen molar-refractivity contribution in [3.05, 3.63) is 42.5 Å². The van der Waals surface area contributed by atoms with Gasteiger partial charge in [-0.25, -0.2) is 0 Å². The van der Waals surface area contributed by atoms with Gasteiger partial charge in [-0.1, -0.05) is 18.7 Å². The molecule has 0 unspecified atom stereocenters. The molecule has 1 fully saturated rings. The summed E-state index contributed by atoms with van der Waals surface area (Å²) in [5.74, 6) is 0.655. The maximum Gasteiger partial charge on any atom is 0.243 e. The molecule has 1 aromatic rings. The van der Waals surface area contributed by atoms with Crippen molar-refractivity contribution in [1.29, 1.82) is 0 Å². The van der Waals surface area contributed by atoms with Crippen molar-refractivity contribution < 1.29 is 14.3 Å². The van der Waals surface area contributed by atoms with Gasteiger partial charge in [0.1, 0.15) is 12.4 Å². The third-order valence-electron chi connectivity index (χ3n) is 3.33. The number of carbonyl (C=O) groups is 1. The van der Waals surface area contributed by atoms with E-state index >= 15 is 0 Å². The second kappa shape index (κ2) is 8.44. The molecular formula is C16H22N2O3. The molecule has 0 aliphatic carbocycles. The number of benzene rings is 1. The van der Waals surface area contributed by atoms with E-state index in [4.69, 9.17) is 9.47 Å². The van der Waals surface area contributed by atoms with Crippen molar-refractivity contribution in [1.82, 2.24) is 10.2 Å². The minimum absolute atomic E-state index is 0.173. The van der Waals surface area contributed by atoms with Crippen molar-refractivity contribution in [2.75, 3.05) is 39.5 Å². The number of ether oxygens (including phenoxy) is 2. The van der Waals surface area contributed by atoms with Gasteiger partial charge in [0.2, 0.25) is 5.91 Å². The molecule has 1 aliphatic heterocycles. The average Bonchev–Trinajstić information content (AvgIpc) is 2.54. The lowest BCUT2D eigenvalue weighted by molar-refractivity contribution is -0.116. The van der Waals surface area contributed by atoms with E-state index in [1.165, 1.54) is 6.08 Å². The topological polar surface area (TPSA) is 50.8 Å². The lowest BCUT2D eigenvalue weighted by Gasteiger charge is -2.26. The van der Waals surface area contributed by atoms with Crippen LogP contribution in [-0.2, 0) is 16.1 Å². The standard InChI is InChI=1S/C16H22N2O3/c1-2-16(19)17-13-14-4-3-5-15(12-14)21-11-8-18-6-9-20-10-7-18/h2-5,12H,1,6-11,13H2,(H,17,19). The smallest absolute Gasteiger partial charge is 0.243 e. The number of amides is 1. The molecule has 0 aromatic heterocycles. The van der Waals surface area contributed by atoms with Crippen molar-refractivity contribution >= 4 is 5.91 Å². The van der Waals surface area contributed by atoms with Crippen molar-refractivity contribution in [3.63, 3.8) is 0 Å². The van der Waals surface area contributed by atoms with E-state index in [-0.39, 0.29) is 5.91 Å². The van der Waals surface area contributed by atoms with Gasteiger partial charge in [0, 0.05) is 26.2 Å². The number of hydrogen-bond acceptors (Lipinski definition) is 4. The van der Waals surface area contributed by atoms with Crippen LogP contribution in [0.1, 0.15) is 5.56 Å². The maximum atomic E-state index is 11.1. The first kappa shape index (κ1) is 15.5. The Hall–Kier alpha value is -1.85. The Morgan fingerprint density at radius 1 is 1.43 bits per heavy atom. The van der Waals surface area contributed by atoms with Gasteiger partial charge in [-0.2, -0.15) is 0 Å². The molecule has 0 atom stereocenters. The van der Waals surface area contributed by atoms with Crippen LogP contribution in [0, 0.1) is 0 Å². The Bertz CT molecular complexity index is 470. The van der Waals surface area contributed by atoms with E-state index in [0.717, 1.165) is 44.2 Å². The second-order valence-corrected chi connectivity index (χ2v) is 4.87. The Balaban J connectivity index is 1.74. The fraction of sp³-hybridized carbons (Fsp3) is 0.438. The molecule has 1 aromatic carbocycles. The van der Waals surface area contributed by atoms with E-state index in [9.17, 15) is 4.79 Å². The zero-order chi connectivity index (χ0) is 14.9. The van der Waals surface area contributed by atoms with Gasteiger partial charge in [-0.05, 0) is 23.8 Å². The van der Waals surface area contributed by atoms with E-state index in [2.05, 4.69) is 16.8 Å². The highest BCUT2D eigenvalue weighted by Gasteiger charge is 2.09. The van der Waals surface area contributed by atoms with Crippen molar-refractivity contribution in [2.24, 2.45) is 0 Å². The molecule has 114 valence electrons. The maximum absolute atomic E-state index is 11.1. The molecule has 5 heteroatoms. The lowest BCUT2D eigenvalue weighted by Crippen LogP contribution is -2.38. The highest BCUT2D eigenvalue weighted by Crippen LogP contribution is 2.13.